The highest BCUT2D eigenvalue weighted by Crippen LogP contribution is 2.42. The van der Waals surface area contributed by atoms with Gasteiger partial charge in [0.25, 0.3) is 0 Å². The second-order valence-corrected chi connectivity index (χ2v) is 8.52. The summed E-state index contributed by atoms with van der Waals surface area (Å²) in [5.41, 5.74) is 3.79. The summed E-state index contributed by atoms with van der Waals surface area (Å²) in [7, 11) is 0. The molecule has 1 saturated heterocycles. The number of benzene rings is 3. The van der Waals surface area contributed by atoms with Crippen LogP contribution in [-0.4, -0.2) is 29.6 Å². The fraction of sp³-hybridized carbons (Fsp3) is 0.321. The smallest absolute Gasteiger partial charge is 0.111 e. The second kappa shape index (κ2) is 9.92. The van der Waals surface area contributed by atoms with Crippen molar-refractivity contribution in [2.45, 2.75) is 31.3 Å². The molecule has 1 aliphatic heterocycles. The van der Waals surface area contributed by atoms with Gasteiger partial charge in [-0.1, -0.05) is 84.9 Å². The van der Waals surface area contributed by atoms with Gasteiger partial charge in [-0.25, -0.2) is 0 Å². The minimum atomic E-state index is -0.635. The van der Waals surface area contributed by atoms with E-state index in [2.05, 4.69) is 47.4 Å². The quantitative estimate of drug-likeness (QED) is 0.600. The molecule has 0 radical (unpaired) electrons. The number of piperidine rings is 1. The lowest BCUT2D eigenvalue weighted by atomic mass is 9.64. The minimum Gasteiger partial charge on any atom is -0.392 e. The van der Waals surface area contributed by atoms with Crippen LogP contribution in [0.1, 0.15) is 35.1 Å². The average molecular weight is 411 g/mol. The Kier molecular flexibility index (Phi) is 6.82. The van der Waals surface area contributed by atoms with Gasteiger partial charge in [-0.05, 0) is 54.0 Å². The lowest BCUT2D eigenvalue weighted by Gasteiger charge is -2.42. The Balaban J connectivity index is 1.56. The van der Waals surface area contributed by atoms with Crippen LogP contribution in [0.2, 0.25) is 0 Å². The number of aliphatic hydroxyl groups excluding tert-OH is 1. The van der Waals surface area contributed by atoms with Gasteiger partial charge in [0.2, 0.25) is 0 Å². The summed E-state index contributed by atoms with van der Waals surface area (Å²) in [5.74, 6) is 0.243. The third kappa shape index (κ3) is 4.56. The number of aliphatic hydroxyl groups is 1. The Morgan fingerprint density at radius 2 is 1.45 bits per heavy atom. The van der Waals surface area contributed by atoms with Gasteiger partial charge in [0.05, 0.1) is 12.7 Å². The van der Waals surface area contributed by atoms with Gasteiger partial charge in [-0.2, -0.15) is 5.26 Å². The van der Waals surface area contributed by atoms with Crippen LogP contribution in [0, 0.1) is 17.2 Å². The summed E-state index contributed by atoms with van der Waals surface area (Å²) in [5, 5.41) is 19.8. The number of rotatable bonds is 7. The molecule has 3 nitrogen and oxygen atoms in total. The summed E-state index contributed by atoms with van der Waals surface area (Å²) < 4.78 is 0. The highest BCUT2D eigenvalue weighted by molar-refractivity contribution is 5.47. The summed E-state index contributed by atoms with van der Waals surface area (Å²) in [4.78, 5) is 2.52. The molecule has 1 atom stereocenters. The first-order valence-corrected chi connectivity index (χ1v) is 11.2. The van der Waals surface area contributed by atoms with E-state index in [-0.39, 0.29) is 12.5 Å². The summed E-state index contributed by atoms with van der Waals surface area (Å²) >= 11 is 0. The van der Waals surface area contributed by atoms with Gasteiger partial charge in [-0.3, -0.25) is 0 Å². The second-order valence-electron chi connectivity index (χ2n) is 8.52. The normalized spacial score (nSPS) is 17.2. The Morgan fingerprint density at radius 3 is 2.00 bits per heavy atom. The van der Waals surface area contributed by atoms with Gasteiger partial charge < -0.3 is 10.0 Å². The van der Waals surface area contributed by atoms with Crippen LogP contribution in [0.3, 0.4) is 0 Å². The molecule has 1 aliphatic rings. The third-order valence-electron chi connectivity index (χ3n) is 6.67. The van der Waals surface area contributed by atoms with Crippen LogP contribution in [0.4, 0.5) is 0 Å². The largest absolute Gasteiger partial charge is 0.392 e. The van der Waals surface area contributed by atoms with E-state index in [1.54, 1.807) is 0 Å². The molecule has 0 aromatic heterocycles. The molecule has 0 unspecified atom stereocenters. The summed E-state index contributed by atoms with van der Waals surface area (Å²) in [6.07, 6.45) is 3.14. The molecule has 0 saturated carbocycles. The molecule has 1 fully saturated rings. The molecular weight excluding hydrogens is 380 g/mol. The van der Waals surface area contributed by atoms with E-state index in [0.29, 0.717) is 0 Å². The van der Waals surface area contributed by atoms with Crippen LogP contribution in [0.25, 0.3) is 0 Å². The molecule has 0 bridgehead atoms. The van der Waals surface area contributed by atoms with E-state index in [0.717, 1.165) is 55.6 Å². The molecule has 3 aromatic rings. The predicted molar refractivity (Wildman–Crippen MR) is 125 cm³/mol. The summed E-state index contributed by atoms with van der Waals surface area (Å²) in [6.45, 7) is 3.08. The van der Waals surface area contributed by atoms with E-state index in [1.165, 1.54) is 5.56 Å². The Bertz CT molecular complexity index is 953. The van der Waals surface area contributed by atoms with Crippen molar-refractivity contribution in [3.63, 3.8) is 0 Å². The highest BCUT2D eigenvalue weighted by Gasteiger charge is 2.44. The standard InChI is InChI=1S/C28H30N2O/c29-22-28(25-8-3-1-4-9-25,26-10-5-2-6-11-26)27-12-7-18-30(20-27)19-17-23-13-15-24(21-31)16-14-23/h1-6,8-11,13-16,27,31H,7,12,17-21H2/t27-/m0/s1. The molecule has 0 spiro atoms. The fourth-order valence-electron chi connectivity index (χ4n) is 4.97. The van der Waals surface area contributed by atoms with Crippen molar-refractivity contribution in [3.8, 4) is 6.07 Å². The van der Waals surface area contributed by atoms with Gasteiger partial charge >= 0.3 is 0 Å². The van der Waals surface area contributed by atoms with E-state index in [1.807, 2.05) is 48.5 Å². The van der Waals surface area contributed by atoms with Crippen molar-refractivity contribution < 1.29 is 5.11 Å². The first-order valence-electron chi connectivity index (χ1n) is 11.2. The zero-order chi connectivity index (χ0) is 21.5. The van der Waals surface area contributed by atoms with Crippen molar-refractivity contribution in [3.05, 3.63) is 107 Å². The molecule has 0 aliphatic carbocycles. The zero-order valence-electron chi connectivity index (χ0n) is 18.0. The van der Waals surface area contributed by atoms with Crippen LogP contribution in [0.15, 0.2) is 84.9 Å². The van der Waals surface area contributed by atoms with Crippen molar-refractivity contribution in [2.75, 3.05) is 19.6 Å². The fourth-order valence-corrected chi connectivity index (χ4v) is 4.97. The lowest BCUT2D eigenvalue weighted by molar-refractivity contribution is 0.148. The number of hydrogen-bond donors (Lipinski definition) is 1. The van der Waals surface area contributed by atoms with E-state index < -0.39 is 5.41 Å². The van der Waals surface area contributed by atoms with Crippen LogP contribution in [0.5, 0.6) is 0 Å². The van der Waals surface area contributed by atoms with Crippen molar-refractivity contribution in [2.24, 2.45) is 5.92 Å². The van der Waals surface area contributed by atoms with E-state index >= 15 is 0 Å². The number of hydrogen-bond acceptors (Lipinski definition) is 3. The molecule has 3 aromatic carbocycles. The zero-order valence-corrected chi connectivity index (χ0v) is 18.0. The van der Waals surface area contributed by atoms with Crippen molar-refractivity contribution in [1.29, 1.82) is 5.26 Å². The Hall–Kier alpha value is -2.93. The van der Waals surface area contributed by atoms with Crippen molar-refractivity contribution in [1.82, 2.24) is 4.90 Å². The molecular formula is C28H30N2O. The maximum atomic E-state index is 10.6. The third-order valence-corrected chi connectivity index (χ3v) is 6.67. The monoisotopic (exact) mass is 410 g/mol. The maximum Gasteiger partial charge on any atom is 0.111 e. The predicted octanol–water partition coefficient (Wildman–Crippen LogP) is 4.94. The van der Waals surface area contributed by atoms with E-state index in [4.69, 9.17) is 0 Å². The van der Waals surface area contributed by atoms with Crippen molar-refractivity contribution >= 4 is 0 Å². The topological polar surface area (TPSA) is 47.3 Å². The maximum absolute atomic E-state index is 10.6. The van der Waals surface area contributed by atoms with Crippen LogP contribution < -0.4 is 0 Å². The first-order chi connectivity index (χ1) is 15.3. The van der Waals surface area contributed by atoms with E-state index in [9.17, 15) is 10.4 Å². The molecule has 31 heavy (non-hydrogen) atoms. The number of nitrogens with zero attached hydrogens (tertiary/aromatic N) is 2. The molecule has 158 valence electrons. The molecule has 1 heterocycles. The van der Waals surface area contributed by atoms with Crippen LogP contribution >= 0.6 is 0 Å². The molecule has 1 N–H and O–H groups in total. The summed E-state index contributed by atoms with van der Waals surface area (Å²) in [6, 6.07) is 31.6. The van der Waals surface area contributed by atoms with Crippen LogP contribution in [-0.2, 0) is 18.4 Å². The number of likely N-dealkylation sites (tertiary alicyclic amines) is 1. The lowest BCUT2D eigenvalue weighted by Crippen LogP contribution is -2.46. The number of nitriles is 1. The minimum absolute atomic E-state index is 0.0866. The van der Waals surface area contributed by atoms with Gasteiger partial charge in [0, 0.05) is 13.1 Å². The average Bonchev–Trinajstić information content (AvgIpc) is 2.85. The first kappa shape index (κ1) is 21.3. The molecule has 4 rings (SSSR count). The Morgan fingerprint density at radius 1 is 0.871 bits per heavy atom. The molecule has 3 heteroatoms. The highest BCUT2D eigenvalue weighted by atomic mass is 16.3. The SMILES string of the molecule is N#CC(c1ccccc1)(c1ccccc1)[C@H]1CCCN(CCc2ccc(CO)cc2)C1. The Labute approximate surface area is 185 Å². The van der Waals surface area contributed by atoms with Gasteiger partial charge in [0.15, 0.2) is 0 Å². The van der Waals surface area contributed by atoms with Gasteiger partial charge in [0.1, 0.15) is 5.41 Å². The van der Waals surface area contributed by atoms with Gasteiger partial charge in [-0.15, -0.1) is 0 Å². The molecule has 0 amide bonds.